The number of carbonyl (C=O) groups is 1. The molecule has 104 valence electrons. The number of nitro groups is 1. The van der Waals surface area contributed by atoms with E-state index in [4.69, 9.17) is 11.6 Å². The van der Waals surface area contributed by atoms with Crippen molar-refractivity contribution in [2.75, 3.05) is 6.54 Å². The molecule has 2 rings (SSSR count). The first-order valence-electron chi connectivity index (χ1n) is 5.82. The minimum Gasteiger partial charge on any atom is -0.352 e. The van der Waals surface area contributed by atoms with Crippen LogP contribution in [0.15, 0.2) is 35.7 Å². The Morgan fingerprint density at radius 3 is 2.85 bits per heavy atom. The molecule has 0 aliphatic rings. The maximum Gasteiger partial charge on any atom is 0.288 e. The third-order valence-electron chi connectivity index (χ3n) is 2.64. The van der Waals surface area contributed by atoms with E-state index >= 15 is 0 Å². The topological polar surface area (TPSA) is 72.2 Å². The summed E-state index contributed by atoms with van der Waals surface area (Å²) in [7, 11) is 0. The number of benzene rings is 1. The van der Waals surface area contributed by atoms with Gasteiger partial charge in [-0.05, 0) is 30.0 Å². The lowest BCUT2D eigenvalue weighted by molar-refractivity contribution is -0.384. The van der Waals surface area contributed by atoms with Crippen LogP contribution in [0.25, 0.3) is 0 Å². The molecule has 0 saturated heterocycles. The average molecular weight is 311 g/mol. The molecule has 1 aromatic heterocycles. The van der Waals surface area contributed by atoms with Gasteiger partial charge < -0.3 is 5.32 Å². The predicted octanol–water partition coefficient (Wildman–Crippen LogP) is 3.28. The van der Waals surface area contributed by atoms with Crippen molar-refractivity contribution in [1.82, 2.24) is 5.32 Å². The van der Waals surface area contributed by atoms with Crippen molar-refractivity contribution in [3.8, 4) is 0 Å². The van der Waals surface area contributed by atoms with Gasteiger partial charge in [-0.3, -0.25) is 14.9 Å². The lowest BCUT2D eigenvalue weighted by Gasteiger charge is -2.04. The Hall–Kier alpha value is -1.92. The fourth-order valence-corrected chi connectivity index (χ4v) is 2.55. The Bertz CT molecular complexity index is 629. The molecule has 0 saturated carbocycles. The van der Waals surface area contributed by atoms with Crippen LogP contribution in [0, 0.1) is 10.1 Å². The van der Waals surface area contributed by atoms with E-state index in [1.54, 1.807) is 11.3 Å². The Balaban J connectivity index is 1.98. The van der Waals surface area contributed by atoms with Gasteiger partial charge in [0.25, 0.3) is 11.6 Å². The Labute approximate surface area is 124 Å². The first kappa shape index (κ1) is 14.5. The second-order valence-corrected chi connectivity index (χ2v) is 5.45. The molecule has 1 amide bonds. The fraction of sp³-hybridized carbons (Fsp3) is 0.154. The molecule has 2 aromatic rings. The van der Waals surface area contributed by atoms with Crippen molar-refractivity contribution in [2.45, 2.75) is 6.42 Å². The normalized spacial score (nSPS) is 10.2. The third-order valence-corrected chi connectivity index (χ3v) is 3.90. The first-order valence-corrected chi connectivity index (χ1v) is 7.08. The third kappa shape index (κ3) is 3.55. The molecule has 0 aliphatic carbocycles. The van der Waals surface area contributed by atoms with Crippen LogP contribution in [0.4, 0.5) is 5.69 Å². The molecular formula is C13H11ClN2O3S. The largest absolute Gasteiger partial charge is 0.352 e. The summed E-state index contributed by atoms with van der Waals surface area (Å²) in [4.78, 5) is 23.2. The van der Waals surface area contributed by atoms with Gasteiger partial charge in [-0.2, -0.15) is 0 Å². The summed E-state index contributed by atoms with van der Waals surface area (Å²) in [5.41, 5.74) is -0.0372. The van der Waals surface area contributed by atoms with Gasteiger partial charge in [0.2, 0.25) is 0 Å². The van der Waals surface area contributed by atoms with Gasteiger partial charge in [-0.25, -0.2) is 0 Å². The summed E-state index contributed by atoms with van der Waals surface area (Å²) in [6, 6.07) is 7.95. The highest BCUT2D eigenvalue weighted by Crippen LogP contribution is 2.24. The number of nitrogens with zero attached hydrogens (tertiary/aromatic N) is 1. The van der Waals surface area contributed by atoms with Gasteiger partial charge in [0.1, 0.15) is 5.02 Å². The van der Waals surface area contributed by atoms with Crippen LogP contribution in [-0.2, 0) is 6.42 Å². The van der Waals surface area contributed by atoms with E-state index in [1.807, 2.05) is 17.5 Å². The maximum absolute atomic E-state index is 11.9. The summed E-state index contributed by atoms with van der Waals surface area (Å²) in [5.74, 6) is -0.346. The smallest absolute Gasteiger partial charge is 0.288 e. The Morgan fingerprint density at radius 2 is 2.20 bits per heavy atom. The second-order valence-electron chi connectivity index (χ2n) is 4.01. The van der Waals surface area contributed by atoms with Gasteiger partial charge >= 0.3 is 0 Å². The zero-order valence-electron chi connectivity index (χ0n) is 10.3. The molecule has 0 atom stereocenters. The molecule has 0 bridgehead atoms. The molecular weight excluding hydrogens is 300 g/mol. The van der Waals surface area contributed by atoms with Gasteiger partial charge in [0.15, 0.2) is 0 Å². The van der Waals surface area contributed by atoms with Crippen molar-refractivity contribution in [3.63, 3.8) is 0 Å². The van der Waals surface area contributed by atoms with Crippen LogP contribution in [-0.4, -0.2) is 17.4 Å². The number of carbonyl (C=O) groups excluding carboxylic acids is 1. The standard InChI is InChI=1S/C13H11ClN2O3S/c14-11-4-3-9(8-12(11)16(18)19)13(17)15-6-5-10-2-1-7-20-10/h1-4,7-8H,5-6H2,(H,15,17). The highest BCUT2D eigenvalue weighted by Gasteiger charge is 2.15. The minimum absolute atomic E-state index is 0.0186. The van der Waals surface area contributed by atoms with Gasteiger partial charge in [-0.1, -0.05) is 17.7 Å². The lowest BCUT2D eigenvalue weighted by atomic mass is 10.2. The van der Waals surface area contributed by atoms with Crippen LogP contribution in [0.3, 0.4) is 0 Å². The molecule has 0 fully saturated rings. The SMILES string of the molecule is O=C(NCCc1cccs1)c1ccc(Cl)c([N+](=O)[O-])c1. The molecule has 5 nitrogen and oxygen atoms in total. The molecule has 1 aromatic carbocycles. The van der Waals surface area contributed by atoms with Crippen LogP contribution >= 0.6 is 22.9 Å². The van der Waals surface area contributed by atoms with E-state index in [1.165, 1.54) is 23.1 Å². The minimum atomic E-state index is -0.606. The summed E-state index contributed by atoms with van der Waals surface area (Å²) < 4.78 is 0. The Kier molecular flexibility index (Phi) is 4.70. The van der Waals surface area contributed by atoms with E-state index < -0.39 is 4.92 Å². The summed E-state index contributed by atoms with van der Waals surface area (Å²) in [6.07, 6.45) is 0.735. The van der Waals surface area contributed by atoms with Crippen molar-refractivity contribution in [1.29, 1.82) is 0 Å². The molecule has 0 unspecified atom stereocenters. The predicted molar refractivity (Wildman–Crippen MR) is 78.5 cm³/mol. The van der Waals surface area contributed by atoms with Crippen LogP contribution in [0.2, 0.25) is 5.02 Å². The molecule has 7 heteroatoms. The highest BCUT2D eigenvalue weighted by molar-refractivity contribution is 7.09. The molecule has 0 aliphatic heterocycles. The van der Waals surface area contributed by atoms with Crippen molar-refractivity contribution in [3.05, 3.63) is 61.3 Å². The maximum atomic E-state index is 11.9. The van der Waals surface area contributed by atoms with E-state index in [0.29, 0.717) is 6.54 Å². The number of halogens is 1. The number of thiophene rings is 1. The average Bonchev–Trinajstić information content (AvgIpc) is 2.92. The quantitative estimate of drug-likeness (QED) is 0.680. The second kappa shape index (κ2) is 6.49. The van der Waals surface area contributed by atoms with Crippen LogP contribution in [0.1, 0.15) is 15.2 Å². The zero-order valence-corrected chi connectivity index (χ0v) is 11.9. The molecule has 1 N–H and O–H groups in total. The summed E-state index contributed by atoms with van der Waals surface area (Å²) in [6.45, 7) is 0.482. The highest BCUT2D eigenvalue weighted by atomic mass is 35.5. The van der Waals surface area contributed by atoms with Gasteiger partial charge in [-0.15, -0.1) is 11.3 Å². The van der Waals surface area contributed by atoms with E-state index in [-0.39, 0.29) is 22.2 Å². The van der Waals surface area contributed by atoms with E-state index in [9.17, 15) is 14.9 Å². The molecule has 0 spiro atoms. The zero-order chi connectivity index (χ0) is 14.5. The number of rotatable bonds is 5. The number of hydrogen-bond acceptors (Lipinski definition) is 4. The molecule has 20 heavy (non-hydrogen) atoms. The van der Waals surface area contributed by atoms with Crippen LogP contribution in [0.5, 0.6) is 0 Å². The lowest BCUT2D eigenvalue weighted by Crippen LogP contribution is -2.25. The first-order chi connectivity index (χ1) is 9.58. The fourth-order valence-electron chi connectivity index (χ4n) is 1.65. The van der Waals surface area contributed by atoms with Gasteiger partial charge in [0, 0.05) is 23.1 Å². The number of nitro benzene ring substituents is 1. The van der Waals surface area contributed by atoms with E-state index in [0.717, 1.165) is 6.42 Å². The van der Waals surface area contributed by atoms with E-state index in [2.05, 4.69) is 5.32 Å². The summed E-state index contributed by atoms with van der Waals surface area (Å²) >= 11 is 7.32. The molecule has 1 heterocycles. The Morgan fingerprint density at radius 1 is 1.40 bits per heavy atom. The number of hydrogen-bond donors (Lipinski definition) is 1. The number of nitrogens with one attached hydrogen (secondary N) is 1. The number of amides is 1. The van der Waals surface area contributed by atoms with Crippen molar-refractivity contribution in [2.24, 2.45) is 0 Å². The van der Waals surface area contributed by atoms with Gasteiger partial charge in [0.05, 0.1) is 4.92 Å². The van der Waals surface area contributed by atoms with Crippen molar-refractivity contribution < 1.29 is 9.72 Å². The molecule has 0 radical (unpaired) electrons. The van der Waals surface area contributed by atoms with Crippen LogP contribution < -0.4 is 5.32 Å². The monoisotopic (exact) mass is 310 g/mol. The summed E-state index contributed by atoms with van der Waals surface area (Å²) in [5, 5.41) is 15.5. The van der Waals surface area contributed by atoms with Crippen molar-refractivity contribution >= 4 is 34.5 Å².